The Balaban J connectivity index is 2.36. The molecule has 1 aromatic rings. The lowest BCUT2D eigenvalue weighted by atomic mass is 9.73. The Bertz CT molecular complexity index is 329. The minimum absolute atomic E-state index is 0.00633. The maximum absolute atomic E-state index is 6.24. The number of rotatable bonds is 1. The summed E-state index contributed by atoms with van der Waals surface area (Å²) >= 11 is 2.37. The van der Waals surface area contributed by atoms with Gasteiger partial charge < -0.3 is 5.73 Å². The van der Waals surface area contributed by atoms with E-state index < -0.39 is 0 Å². The van der Waals surface area contributed by atoms with Crippen molar-refractivity contribution in [3.63, 3.8) is 0 Å². The van der Waals surface area contributed by atoms with Gasteiger partial charge >= 0.3 is 0 Å². The third kappa shape index (κ3) is 1.62. The molecule has 1 fully saturated rings. The second kappa shape index (κ2) is 3.24. The van der Waals surface area contributed by atoms with Gasteiger partial charge in [0.25, 0.3) is 0 Å². The van der Waals surface area contributed by atoms with Crippen LogP contribution in [0.5, 0.6) is 0 Å². The molecule has 1 nitrogen and oxygen atoms in total. The number of hydrogen-bond donors (Lipinski definition) is 1. The summed E-state index contributed by atoms with van der Waals surface area (Å²) in [5.41, 5.74) is 8.89. The van der Waals surface area contributed by atoms with Crippen molar-refractivity contribution in [1.82, 2.24) is 0 Å². The number of aryl methyl sites for hydroxylation is 1. The summed E-state index contributed by atoms with van der Waals surface area (Å²) in [5.74, 6) is 0. The van der Waals surface area contributed by atoms with Crippen LogP contribution in [0.3, 0.4) is 0 Å². The fourth-order valence-corrected chi connectivity index (χ4v) is 2.26. The van der Waals surface area contributed by atoms with Crippen molar-refractivity contribution in [2.24, 2.45) is 5.73 Å². The summed E-state index contributed by atoms with van der Waals surface area (Å²) in [6.45, 7) is 2.13. The maximum atomic E-state index is 6.24. The van der Waals surface area contributed by atoms with Crippen LogP contribution < -0.4 is 5.73 Å². The molecule has 0 unspecified atom stereocenters. The second-order valence-electron chi connectivity index (χ2n) is 3.97. The lowest BCUT2D eigenvalue weighted by Crippen LogP contribution is -2.43. The van der Waals surface area contributed by atoms with Crippen molar-refractivity contribution >= 4 is 22.6 Å². The highest BCUT2D eigenvalue weighted by molar-refractivity contribution is 14.1. The van der Waals surface area contributed by atoms with Crippen LogP contribution in [-0.2, 0) is 5.54 Å². The predicted molar refractivity (Wildman–Crippen MR) is 63.6 cm³/mol. The van der Waals surface area contributed by atoms with Gasteiger partial charge in [-0.1, -0.05) is 12.1 Å². The fraction of sp³-hybridized carbons (Fsp3) is 0.455. The molecular weight excluding hydrogens is 273 g/mol. The Morgan fingerprint density at radius 3 is 2.54 bits per heavy atom. The predicted octanol–water partition coefficient (Wildman–Crippen LogP) is 2.94. The highest BCUT2D eigenvalue weighted by Crippen LogP contribution is 2.39. The van der Waals surface area contributed by atoms with Crippen LogP contribution in [0, 0.1) is 10.5 Å². The largest absolute Gasteiger partial charge is 0.321 e. The molecule has 1 aromatic carbocycles. The van der Waals surface area contributed by atoms with E-state index in [2.05, 4.69) is 47.7 Å². The van der Waals surface area contributed by atoms with Gasteiger partial charge in [-0.05, 0) is 66.0 Å². The lowest BCUT2D eigenvalue weighted by Gasteiger charge is -2.38. The molecule has 0 heterocycles. The molecule has 0 atom stereocenters. The van der Waals surface area contributed by atoms with Gasteiger partial charge in [-0.3, -0.25) is 0 Å². The monoisotopic (exact) mass is 287 g/mol. The number of halogens is 1. The van der Waals surface area contributed by atoms with E-state index in [4.69, 9.17) is 5.73 Å². The molecule has 1 aliphatic rings. The first-order valence-electron chi connectivity index (χ1n) is 4.67. The molecule has 0 spiro atoms. The van der Waals surface area contributed by atoms with Crippen molar-refractivity contribution in [2.75, 3.05) is 0 Å². The lowest BCUT2D eigenvalue weighted by molar-refractivity contribution is 0.253. The number of nitrogens with two attached hydrogens (primary N) is 1. The van der Waals surface area contributed by atoms with Crippen LogP contribution in [0.15, 0.2) is 18.2 Å². The van der Waals surface area contributed by atoms with Gasteiger partial charge in [0, 0.05) is 9.11 Å². The molecule has 0 saturated heterocycles. The third-order valence-corrected chi connectivity index (χ3v) is 4.15. The van der Waals surface area contributed by atoms with Crippen LogP contribution in [0.25, 0.3) is 0 Å². The standard InChI is InChI=1S/C11H14IN/c1-8-3-4-9(7-10(8)12)11(13)5-2-6-11/h3-4,7H,2,5-6,13H2,1H3. The van der Waals surface area contributed by atoms with Crippen LogP contribution in [0.1, 0.15) is 30.4 Å². The van der Waals surface area contributed by atoms with E-state index in [1.54, 1.807) is 0 Å². The summed E-state index contributed by atoms with van der Waals surface area (Å²) in [6, 6.07) is 6.58. The summed E-state index contributed by atoms with van der Waals surface area (Å²) in [7, 11) is 0. The zero-order valence-corrected chi connectivity index (χ0v) is 9.97. The molecule has 0 amide bonds. The Labute approximate surface area is 92.9 Å². The van der Waals surface area contributed by atoms with E-state index in [1.165, 1.54) is 21.1 Å². The van der Waals surface area contributed by atoms with Crippen LogP contribution >= 0.6 is 22.6 Å². The zero-order chi connectivity index (χ0) is 9.47. The van der Waals surface area contributed by atoms with Crippen molar-refractivity contribution < 1.29 is 0 Å². The van der Waals surface area contributed by atoms with E-state index in [0.717, 1.165) is 12.8 Å². The average molecular weight is 287 g/mol. The molecule has 0 aliphatic heterocycles. The van der Waals surface area contributed by atoms with Crippen LogP contribution in [0.2, 0.25) is 0 Å². The molecule has 2 heteroatoms. The Morgan fingerprint density at radius 1 is 1.38 bits per heavy atom. The Hall–Kier alpha value is -0.0900. The molecular formula is C11H14IN. The molecule has 70 valence electrons. The van der Waals surface area contributed by atoms with Gasteiger partial charge in [-0.15, -0.1) is 0 Å². The van der Waals surface area contributed by atoms with E-state index >= 15 is 0 Å². The first-order valence-corrected chi connectivity index (χ1v) is 5.75. The first kappa shape index (κ1) is 9.46. The molecule has 1 saturated carbocycles. The molecule has 1 aliphatic carbocycles. The molecule has 13 heavy (non-hydrogen) atoms. The smallest absolute Gasteiger partial charge is 0.0410 e. The van der Waals surface area contributed by atoms with Crippen LogP contribution in [0.4, 0.5) is 0 Å². The molecule has 0 bridgehead atoms. The van der Waals surface area contributed by atoms with E-state index in [9.17, 15) is 0 Å². The highest BCUT2D eigenvalue weighted by atomic mass is 127. The fourth-order valence-electron chi connectivity index (χ4n) is 1.75. The van der Waals surface area contributed by atoms with Gasteiger partial charge in [0.2, 0.25) is 0 Å². The van der Waals surface area contributed by atoms with E-state index in [1.807, 2.05) is 0 Å². The summed E-state index contributed by atoms with van der Waals surface area (Å²) in [4.78, 5) is 0. The topological polar surface area (TPSA) is 26.0 Å². The van der Waals surface area contributed by atoms with E-state index in [-0.39, 0.29) is 5.54 Å². The van der Waals surface area contributed by atoms with Gasteiger partial charge in [-0.2, -0.15) is 0 Å². The SMILES string of the molecule is Cc1ccc(C2(N)CCC2)cc1I. The third-order valence-electron chi connectivity index (χ3n) is 2.99. The average Bonchev–Trinajstić information content (AvgIpc) is 2.06. The van der Waals surface area contributed by atoms with E-state index in [0.29, 0.717) is 0 Å². The minimum Gasteiger partial charge on any atom is -0.321 e. The minimum atomic E-state index is -0.00633. The van der Waals surface area contributed by atoms with Crippen LogP contribution in [-0.4, -0.2) is 0 Å². The summed E-state index contributed by atoms with van der Waals surface area (Å²) < 4.78 is 1.33. The Kier molecular flexibility index (Phi) is 2.36. The normalized spacial score (nSPS) is 19.6. The van der Waals surface area contributed by atoms with Gasteiger partial charge in [-0.25, -0.2) is 0 Å². The van der Waals surface area contributed by atoms with Crippen molar-refractivity contribution in [2.45, 2.75) is 31.7 Å². The van der Waals surface area contributed by atoms with Crippen molar-refractivity contribution in [1.29, 1.82) is 0 Å². The maximum Gasteiger partial charge on any atom is 0.0410 e. The molecule has 0 aromatic heterocycles. The zero-order valence-electron chi connectivity index (χ0n) is 7.81. The summed E-state index contributed by atoms with van der Waals surface area (Å²) in [6.07, 6.45) is 3.57. The molecule has 2 rings (SSSR count). The quantitative estimate of drug-likeness (QED) is 0.790. The molecule has 0 radical (unpaired) electrons. The van der Waals surface area contributed by atoms with Gasteiger partial charge in [0.15, 0.2) is 0 Å². The highest BCUT2D eigenvalue weighted by Gasteiger charge is 2.34. The first-order chi connectivity index (χ1) is 6.12. The van der Waals surface area contributed by atoms with Crippen molar-refractivity contribution in [3.05, 3.63) is 32.9 Å². The van der Waals surface area contributed by atoms with Crippen molar-refractivity contribution in [3.8, 4) is 0 Å². The Morgan fingerprint density at radius 2 is 2.08 bits per heavy atom. The van der Waals surface area contributed by atoms with Gasteiger partial charge in [0.05, 0.1) is 0 Å². The van der Waals surface area contributed by atoms with Gasteiger partial charge in [0.1, 0.15) is 0 Å². The number of benzene rings is 1. The summed E-state index contributed by atoms with van der Waals surface area (Å²) in [5, 5.41) is 0. The molecule has 2 N–H and O–H groups in total. The number of hydrogen-bond acceptors (Lipinski definition) is 1. The second-order valence-corrected chi connectivity index (χ2v) is 5.14.